The minimum atomic E-state index is -3.34. The van der Waals surface area contributed by atoms with Crippen LogP contribution in [0.3, 0.4) is 0 Å². The van der Waals surface area contributed by atoms with E-state index in [0.29, 0.717) is 11.3 Å². The zero-order valence-corrected chi connectivity index (χ0v) is 15.7. The van der Waals surface area contributed by atoms with Gasteiger partial charge in [0.25, 0.3) is 0 Å². The van der Waals surface area contributed by atoms with E-state index in [9.17, 15) is 13.5 Å². The Kier molecular flexibility index (Phi) is 4.48. The number of aliphatic hydroxyl groups is 1. The molecule has 3 aromatic rings. The van der Waals surface area contributed by atoms with Crippen LogP contribution >= 0.6 is 0 Å². The molecule has 0 saturated carbocycles. The van der Waals surface area contributed by atoms with Crippen LogP contribution in [0.5, 0.6) is 0 Å². The fourth-order valence-electron chi connectivity index (χ4n) is 3.38. The first-order valence-electron chi connectivity index (χ1n) is 8.75. The van der Waals surface area contributed by atoms with Gasteiger partial charge in [0.2, 0.25) is 10.0 Å². The van der Waals surface area contributed by atoms with Crippen molar-refractivity contribution in [3.8, 4) is 11.1 Å². The van der Waals surface area contributed by atoms with E-state index < -0.39 is 10.0 Å². The first-order chi connectivity index (χ1) is 12.9. The lowest BCUT2D eigenvalue weighted by molar-refractivity contribution is 0.145. The maximum Gasteiger partial charge on any atom is 0.229 e. The van der Waals surface area contributed by atoms with Crippen LogP contribution in [0, 0.1) is 0 Å². The first-order valence-corrected chi connectivity index (χ1v) is 10.6. The average Bonchev–Trinajstić information content (AvgIpc) is 3.05. The van der Waals surface area contributed by atoms with Crippen molar-refractivity contribution >= 4 is 27.2 Å². The summed E-state index contributed by atoms with van der Waals surface area (Å²) in [7, 11) is -3.34. The second-order valence-corrected chi connectivity index (χ2v) is 8.52. The SMILES string of the molecule is CS(=O)(=O)Nc1cccc(-c2cnn3c(N4CCC(O)CC4)ccnc23)c1. The molecule has 0 aliphatic carbocycles. The number of piperidine rings is 1. The van der Waals surface area contributed by atoms with Gasteiger partial charge in [-0.05, 0) is 36.6 Å². The molecule has 0 spiro atoms. The highest BCUT2D eigenvalue weighted by molar-refractivity contribution is 7.92. The van der Waals surface area contributed by atoms with E-state index in [-0.39, 0.29) is 6.10 Å². The minimum Gasteiger partial charge on any atom is -0.393 e. The average molecular weight is 387 g/mol. The van der Waals surface area contributed by atoms with Gasteiger partial charge in [0.15, 0.2) is 5.65 Å². The van der Waals surface area contributed by atoms with Gasteiger partial charge in [0.05, 0.1) is 18.6 Å². The fourth-order valence-corrected chi connectivity index (χ4v) is 3.94. The number of hydrogen-bond acceptors (Lipinski definition) is 6. The van der Waals surface area contributed by atoms with Gasteiger partial charge < -0.3 is 10.0 Å². The molecular weight excluding hydrogens is 366 g/mol. The molecule has 142 valence electrons. The minimum absolute atomic E-state index is 0.239. The Morgan fingerprint density at radius 1 is 1.22 bits per heavy atom. The third-order valence-corrected chi connectivity index (χ3v) is 5.25. The Morgan fingerprint density at radius 3 is 2.74 bits per heavy atom. The molecule has 4 rings (SSSR count). The second kappa shape index (κ2) is 6.82. The summed E-state index contributed by atoms with van der Waals surface area (Å²) in [5.41, 5.74) is 2.86. The summed E-state index contributed by atoms with van der Waals surface area (Å²) in [6.07, 6.45) is 5.84. The predicted octanol–water partition coefficient (Wildman–Crippen LogP) is 1.73. The van der Waals surface area contributed by atoms with E-state index in [1.165, 1.54) is 0 Å². The molecular formula is C18H21N5O3S. The lowest BCUT2D eigenvalue weighted by Gasteiger charge is -2.31. The maximum atomic E-state index is 11.5. The lowest BCUT2D eigenvalue weighted by atomic mass is 10.1. The van der Waals surface area contributed by atoms with Gasteiger partial charge in [0, 0.05) is 30.5 Å². The first kappa shape index (κ1) is 17.7. The normalized spacial score (nSPS) is 16.0. The van der Waals surface area contributed by atoms with Crippen molar-refractivity contribution < 1.29 is 13.5 Å². The second-order valence-electron chi connectivity index (χ2n) is 6.77. The maximum absolute atomic E-state index is 11.5. The molecule has 27 heavy (non-hydrogen) atoms. The molecule has 1 aromatic carbocycles. The van der Waals surface area contributed by atoms with Crippen molar-refractivity contribution in [1.29, 1.82) is 0 Å². The van der Waals surface area contributed by atoms with Gasteiger partial charge in [-0.1, -0.05) is 12.1 Å². The number of aliphatic hydroxyl groups excluding tert-OH is 1. The molecule has 1 aliphatic heterocycles. The Bertz CT molecular complexity index is 1070. The highest BCUT2D eigenvalue weighted by Gasteiger charge is 2.20. The largest absolute Gasteiger partial charge is 0.393 e. The summed E-state index contributed by atoms with van der Waals surface area (Å²) in [5, 5.41) is 14.2. The molecule has 0 bridgehead atoms. The Labute approximate surface area is 157 Å². The quantitative estimate of drug-likeness (QED) is 0.707. The number of sulfonamides is 1. The summed E-state index contributed by atoms with van der Waals surface area (Å²) in [6, 6.07) is 9.08. The monoisotopic (exact) mass is 387 g/mol. The summed E-state index contributed by atoms with van der Waals surface area (Å²) in [6.45, 7) is 1.53. The molecule has 0 unspecified atom stereocenters. The van der Waals surface area contributed by atoms with E-state index in [0.717, 1.165) is 49.1 Å². The molecule has 1 fully saturated rings. The number of anilines is 2. The molecule has 0 amide bonds. The lowest BCUT2D eigenvalue weighted by Crippen LogP contribution is -2.36. The summed E-state index contributed by atoms with van der Waals surface area (Å²) in [5.74, 6) is 0.934. The van der Waals surface area contributed by atoms with Crippen molar-refractivity contribution in [3.05, 3.63) is 42.7 Å². The van der Waals surface area contributed by atoms with Crippen LogP contribution in [0.1, 0.15) is 12.8 Å². The van der Waals surface area contributed by atoms with Crippen molar-refractivity contribution in [3.63, 3.8) is 0 Å². The highest BCUT2D eigenvalue weighted by Crippen LogP contribution is 2.29. The third kappa shape index (κ3) is 3.74. The Morgan fingerprint density at radius 2 is 2.00 bits per heavy atom. The number of hydrogen-bond donors (Lipinski definition) is 2. The van der Waals surface area contributed by atoms with E-state index in [2.05, 4.69) is 19.7 Å². The van der Waals surface area contributed by atoms with Crippen molar-refractivity contribution in [1.82, 2.24) is 14.6 Å². The molecule has 0 radical (unpaired) electrons. The van der Waals surface area contributed by atoms with Crippen molar-refractivity contribution in [2.24, 2.45) is 0 Å². The molecule has 3 heterocycles. The standard InChI is InChI=1S/C18H21N5O3S/c1-27(25,26)21-14-4-2-3-13(11-14)16-12-20-23-17(5-8-19-18(16)23)22-9-6-15(24)7-10-22/h2-5,8,11-12,15,21,24H,6-7,9-10H2,1H3. The molecule has 8 nitrogen and oxygen atoms in total. The Hall–Kier alpha value is -2.65. The van der Waals surface area contributed by atoms with Crippen LogP contribution in [-0.2, 0) is 10.0 Å². The highest BCUT2D eigenvalue weighted by atomic mass is 32.2. The number of benzene rings is 1. The van der Waals surface area contributed by atoms with Gasteiger partial charge >= 0.3 is 0 Å². The molecule has 2 N–H and O–H groups in total. The Balaban J connectivity index is 1.72. The zero-order valence-electron chi connectivity index (χ0n) is 14.9. The molecule has 2 aromatic heterocycles. The number of nitrogens with zero attached hydrogens (tertiary/aromatic N) is 4. The van der Waals surface area contributed by atoms with Crippen LogP contribution < -0.4 is 9.62 Å². The van der Waals surface area contributed by atoms with E-state index in [1.807, 2.05) is 12.1 Å². The summed E-state index contributed by atoms with van der Waals surface area (Å²) < 4.78 is 27.3. The smallest absolute Gasteiger partial charge is 0.229 e. The van der Waals surface area contributed by atoms with Crippen molar-refractivity contribution in [2.75, 3.05) is 29.0 Å². The summed E-state index contributed by atoms with van der Waals surface area (Å²) >= 11 is 0. The topological polar surface area (TPSA) is 99.8 Å². The zero-order chi connectivity index (χ0) is 19.0. The number of nitrogens with one attached hydrogen (secondary N) is 1. The van der Waals surface area contributed by atoms with Crippen LogP contribution in [0.15, 0.2) is 42.7 Å². The summed E-state index contributed by atoms with van der Waals surface area (Å²) in [4.78, 5) is 6.67. The number of fused-ring (bicyclic) bond motifs is 1. The molecule has 1 aliphatic rings. The third-order valence-electron chi connectivity index (χ3n) is 4.65. The van der Waals surface area contributed by atoms with E-state index in [4.69, 9.17) is 0 Å². The predicted molar refractivity (Wildman–Crippen MR) is 104 cm³/mol. The van der Waals surface area contributed by atoms with Crippen LogP contribution in [0.25, 0.3) is 16.8 Å². The van der Waals surface area contributed by atoms with Crippen LogP contribution in [0.4, 0.5) is 11.5 Å². The molecule has 0 atom stereocenters. The number of aromatic nitrogens is 3. The molecule has 9 heteroatoms. The van der Waals surface area contributed by atoms with Gasteiger partial charge in [-0.15, -0.1) is 0 Å². The van der Waals surface area contributed by atoms with Gasteiger partial charge in [-0.25, -0.2) is 13.4 Å². The van der Waals surface area contributed by atoms with E-state index >= 15 is 0 Å². The van der Waals surface area contributed by atoms with Crippen molar-refractivity contribution in [2.45, 2.75) is 18.9 Å². The van der Waals surface area contributed by atoms with Crippen LogP contribution in [0.2, 0.25) is 0 Å². The van der Waals surface area contributed by atoms with Gasteiger partial charge in [0.1, 0.15) is 5.82 Å². The van der Waals surface area contributed by atoms with Crippen LogP contribution in [-0.4, -0.2) is 53.6 Å². The fraction of sp³-hybridized carbons (Fsp3) is 0.333. The van der Waals surface area contributed by atoms with E-state index in [1.54, 1.807) is 35.1 Å². The van der Waals surface area contributed by atoms with Gasteiger partial charge in [-0.2, -0.15) is 9.61 Å². The number of rotatable bonds is 4. The molecule has 1 saturated heterocycles. The van der Waals surface area contributed by atoms with Gasteiger partial charge in [-0.3, -0.25) is 4.72 Å².